The molecule has 0 atom stereocenters. The van der Waals surface area contributed by atoms with Crippen molar-refractivity contribution in [1.82, 2.24) is 4.90 Å². The fourth-order valence-electron chi connectivity index (χ4n) is 1.23. The van der Waals surface area contributed by atoms with E-state index in [1.165, 1.54) is 38.8 Å². The molecule has 1 fully saturated rings. The fraction of sp³-hybridized carbons (Fsp3) is 1.00. The van der Waals surface area contributed by atoms with Gasteiger partial charge in [-0.2, -0.15) is 0 Å². The zero-order chi connectivity index (χ0) is 5.82. The smallest absolute Gasteiger partial charge is 0 e. The van der Waals surface area contributed by atoms with Gasteiger partial charge in [0.25, 0.3) is 0 Å². The number of rotatable bonds is 0. The molecule has 1 nitrogen and oxygen atoms in total. The number of likely N-dealkylation sites (tertiary alicyclic amines) is 1. The van der Waals surface area contributed by atoms with Crippen molar-refractivity contribution in [1.29, 1.82) is 0 Å². The second-order valence-corrected chi connectivity index (χ2v) is 2.72. The van der Waals surface area contributed by atoms with E-state index in [1.54, 1.807) is 0 Å². The third kappa shape index (κ3) is 1.83. The first-order valence-electron chi connectivity index (χ1n) is 3.58. The molecule has 1 heterocycles. The predicted molar refractivity (Wildman–Crippen MR) is 38.1 cm³/mol. The second-order valence-electron chi connectivity index (χ2n) is 2.72. The summed E-state index contributed by atoms with van der Waals surface area (Å²) in [7, 11) is 2.21. The van der Waals surface area contributed by atoms with Crippen LogP contribution in [0.25, 0.3) is 0 Å². The summed E-state index contributed by atoms with van der Waals surface area (Å²) in [4.78, 5) is 2.42. The summed E-state index contributed by atoms with van der Waals surface area (Å²) in [5, 5.41) is 0. The van der Waals surface area contributed by atoms with E-state index in [0.717, 1.165) is 0 Å². The van der Waals surface area contributed by atoms with E-state index in [4.69, 9.17) is 0 Å². The van der Waals surface area contributed by atoms with Crippen LogP contribution < -0.4 is 0 Å². The number of hydrogen-bond acceptors (Lipinski definition) is 1. The van der Waals surface area contributed by atoms with E-state index in [2.05, 4.69) is 11.9 Å². The van der Waals surface area contributed by atoms with Crippen LogP contribution in [0, 0.1) is 0 Å². The Balaban J connectivity index is 0.000000640. The Kier molecular flexibility index (Phi) is 2.34. The summed E-state index contributed by atoms with van der Waals surface area (Å²) < 4.78 is 0. The summed E-state index contributed by atoms with van der Waals surface area (Å²) in [6.07, 6.45) is 5.72. The van der Waals surface area contributed by atoms with Gasteiger partial charge in [-0.05, 0) is 33.0 Å². The molecule has 0 amide bonds. The first-order chi connectivity index (χ1) is 3.89. The molecule has 0 unspecified atom stereocenters. The fourth-order valence-corrected chi connectivity index (χ4v) is 1.23. The Morgan fingerprint density at radius 1 is 1.00 bits per heavy atom. The van der Waals surface area contributed by atoms with Crippen molar-refractivity contribution in [2.45, 2.75) is 25.7 Å². The predicted octanol–water partition coefficient (Wildman–Crippen LogP) is 1.74. The molecule has 0 radical (unpaired) electrons. The van der Waals surface area contributed by atoms with E-state index in [0.29, 0.717) is 0 Å². The van der Waals surface area contributed by atoms with Gasteiger partial charge in [-0.15, -0.1) is 0 Å². The summed E-state index contributed by atoms with van der Waals surface area (Å²) in [6.45, 7) is 2.64. The van der Waals surface area contributed by atoms with E-state index in [1.807, 2.05) is 0 Å². The Bertz CT molecular complexity index is 57.9. The highest BCUT2D eigenvalue weighted by Crippen LogP contribution is 2.06. The zero-order valence-electron chi connectivity index (χ0n) is 5.69. The van der Waals surface area contributed by atoms with Gasteiger partial charge in [0.05, 0.1) is 0 Å². The zero-order valence-corrected chi connectivity index (χ0v) is 5.69. The molecular formula is C7H17N. The van der Waals surface area contributed by atoms with Crippen LogP contribution in [0.2, 0.25) is 0 Å². The lowest BCUT2D eigenvalue weighted by Crippen LogP contribution is -2.18. The van der Waals surface area contributed by atoms with E-state index in [-0.39, 0.29) is 1.43 Å². The third-order valence-corrected chi connectivity index (χ3v) is 1.83. The van der Waals surface area contributed by atoms with Crippen LogP contribution in [0.3, 0.4) is 0 Å². The molecule has 0 aliphatic carbocycles. The highest BCUT2D eigenvalue weighted by Gasteiger charge is 2.01. The Labute approximate surface area is 53.2 Å². The average molecular weight is 115 g/mol. The van der Waals surface area contributed by atoms with Crippen LogP contribution in [0.15, 0.2) is 0 Å². The second kappa shape index (κ2) is 3.08. The molecule has 50 valence electrons. The maximum absolute atomic E-state index is 2.42. The normalized spacial score (nSPS) is 25.1. The van der Waals surface area contributed by atoms with Crippen molar-refractivity contribution in [3.05, 3.63) is 0 Å². The molecule has 0 aromatic carbocycles. The first-order valence-corrected chi connectivity index (χ1v) is 3.58. The van der Waals surface area contributed by atoms with Gasteiger partial charge in [-0.3, -0.25) is 0 Å². The van der Waals surface area contributed by atoms with Crippen molar-refractivity contribution in [3.63, 3.8) is 0 Å². The van der Waals surface area contributed by atoms with Gasteiger partial charge >= 0.3 is 0 Å². The van der Waals surface area contributed by atoms with E-state index in [9.17, 15) is 0 Å². The van der Waals surface area contributed by atoms with Gasteiger partial charge in [0.15, 0.2) is 0 Å². The molecule has 0 saturated carbocycles. The lowest BCUT2D eigenvalue weighted by atomic mass is 10.2. The largest absolute Gasteiger partial charge is 0.306 e. The van der Waals surface area contributed by atoms with Crippen LogP contribution in [0.1, 0.15) is 27.1 Å². The van der Waals surface area contributed by atoms with Gasteiger partial charge < -0.3 is 4.90 Å². The van der Waals surface area contributed by atoms with Gasteiger partial charge in [-0.1, -0.05) is 12.8 Å². The lowest BCUT2D eigenvalue weighted by Gasteiger charge is -2.10. The van der Waals surface area contributed by atoms with Crippen LogP contribution in [0.5, 0.6) is 0 Å². The molecule has 1 rings (SSSR count). The lowest BCUT2D eigenvalue weighted by molar-refractivity contribution is 0.349. The van der Waals surface area contributed by atoms with Crippen LogP contribution in [-0.4, -0.2) is 25.0 Å². The van der Waals surface area contributed by atoms with Crippen LogP contribution in [0.4, 0.5) is 0 Å². The van der Waals surface area contributed by atoms with Crippen molar-refractivity contribution < 1.29 is 1.43 Å². The minimum Gasteiger partial charge on any atom is -0.306 e. The Hall–Kier alpha value is -0.0400. The highest BCUT2D eigenvalue weighted by atomic mass is 15.1. The Morgan fingerprint density at radius 3 is 2.00 bits per heavy atom. The van der Waals surface area contributed by atoms with Gasteiger partial charge in [0.2, 0.25) is 0 Å². The molecule has 1 heteroatoms. The average Bonchev–Trinajstić information content (AvgIpc) is 1.94. The SMILES string of the molecule is CN1CCCCCC1.[HH]. The third-order valence-electron chi connectivity index (χ3n) is 1.83. The standard InChI is InChI=1S/C7H15N.H2/c1-8-6-4-2-3-5-7-8;/h2-7H2,1H3;1H. The quantitative estimate of drug-likeness (QED) is 0.465. The summed E-state index contributed by atoms with van der Waals surface area (Å²) >= 11 is 0. The monoisotopic (exact) mass is 115 g/mol. The van der Waals surface area contributed by atoms with Crippen LogP contribution >= 0.6 is 0 Å². The van der Waals surface area contributed by atoms with Gasteiger partial charge in [0.1, 0.15) is 0 Å². The molecule has 1 aliphatic rings. The first kappa shape index (κ1) is 6.09. The molecular weight excluding hydrogens is 98.1 g/mol. The molecule has 1 aliphatic heterocycles. The minimum atomic E-state index is 0. The molecule has 0 N–H and O–H groups in total. The maximum atomic E-state index is 2.42. The number of hydrogen-bond donors (Lipinski definition) is 0. The molecule has 0 aromatic rings. The highest BCUT2D eigenvalue weighted by molar-refractivity contribution is 4.57. The van der Waals surface area contributed by atoms with Crippen molar-refractivity contribution in [2.75, 3.05) is 20.1 Å². The molecule has 0 spiro atoms. The maximum Gasteiger partial charge on any atom is 0 e. The summed E-state index contributed by atoms with van der Waals surface area (Å²) in [5.41, 5.74) is 0. The van der Waals surface area contributed by atoms with Crippen LogP contribution in [-0.2, 0) is 0 Å². The Morgan fingerprint density at radius 2 is 1.50 bits per heavy atom. The van der Waals surface area contributed by atoms with E-state index < -0.39 is 0 Å². The van der Waals surface area contributed by atoms with Crippen molar-refractivity contribution in [2.24, 2.45) is 0 Å². The summed E-state index contributed by atoms with van der Waals surface area (Å²) in [5.74, 6) is 0. The van der Waals surface area contributed by atoms with E-state index >= 15 is 0 Å². The molecule has 0 aromatic heterocycles. The molecule has 8 heavy (non-hydrogen) atoms. The molecule has 0 bridgehead atoms. The topological polar surface area (TPSA) is 3.24 Å². The van der Waals surface area contributed by atoms with Gasteiger partial charge in [0, 0.05) is 1.43 Å². The molecule has 1 saturated heterocycles. The van der Waals surface area contributed by atoms with Crippen molar-refractivity contribution >= 4 is 0 Å². The minimum absolute atomic E-state index is 0. The van der Waals surface area contributed by atoms with Crippen molar-refractivity contribution in [3.8, 4) is 0 Å². The number of nitrogens with zero attached hydrogens (tertiary/aromatic N) is 1. The van der Waals surface area contributed by atoms with Gasteiger partial charge in [-0.25, -0.2) is 0 Å². The summed E-state index contributed by atoms with van der Waals surface area (Å²) in [6, 6.07) is 0.